The monoisotopic (exact) mass is 430 g/mol. The standard InChI is InChI=1S/C20H16ClFN4O2S/c21-14-5-9-16(10-6-14)26-24-17(20(28)25-11-1-2-12-25)19(29-26)23-18(27)13-3-7-15(22)8-4-13/h3-10H,1-2,11-12H2. The highest BCUT2D eigenvalue weighted by Gasteiger charge is 2.25. The fourth-order valence-corrected chi connectivity index (χ4v) is 3.96. The molecule has 0 unspecified atom stereocenters. The summed E-state index contributed by atoms with van der Waals surface area (Å²) >= 11 is 7.03. The lowest BCUT2D eigenvalue weighted by molar-refractivity contribution is 0.0785. The van der Waals surface area contributed by atoms with Crippen LogP contribution in [0.25, 0.3) is 5.69 Å². The van der Waals surface area contributed by atoms with E-state index in [1.165, 1.54) is 28.3 Å². The minimum Gasteiger partial charge on any atom is -0.337 e. The summed E-state index contributed by atoms with van der Waals surface area (Å²) in [4.78, 5) is 31.3. The highest BCUT2D eigenvalue weighted by atomic mass is 35.5. The molecule has 0 saturated carbocycles. The third kappa shape index (κ3) is 4.28. The fourth-order valence-electron chi connectivity index (χ4n) is 2.99. The van der Waals surface area contributed by atoms with Gasteiger partial charge in [0.15, 0.2) is 10.4 Å². The first-order valence-corrected chi connectivity index (χ1v) is 10.2. The van der Waals surface area contributed by atoms with Gasteiger partial charge in [-0.15, -0.1) is 5.10 Å². The first kappa shape index (κ1) is 19.5. The molecule has 0 spiro atoms. The second-order valence-electron chi connectivity index (χ2n) is 6.52. The van der Waals surface area contributed by atoms with Crippen molar-refractivity contribution in [2.75, 3.05) is 13.1 Å². The molecule has 2 heterocycles. The molecule has 2 amide bonds. The summed E-state index contributed by atoms with van der Waals surface area (Å²) in [5.41, 5.74) is 1.06. The maximum absolute atomic E-state index is 13.1. The Morgan fingerprint density at radius 1 is 1.03 bits per heavy atom. The molecule has 0 atom stereocenters. The van der Waals surface area contributed by atoms with E-state index in [0.29, 0.717) is 23.8 Å². The number of carbonyl (C=O) groups is 2. The molecule has 9 heteroatoms. The predicted octanol–water partition coefficient (Wildman–Crippen LogP) is 3.70. The quantitative estimate of drug-likeness (QED) is 0.636. The van der Waals surface area contributed by atoms with Crippen molar-refractivity contribution in [1.29, 1.82) is 0 Å². The molecule has 29 heavy (non-hydrogen) atoms. The van der Waals surface area contributed by atoms with E-state index in [1.54, 1.807) is 29.2 Å². The van der Waals surface area contributed by atoms with Crippen LogP contribution in [0.1, 0.15) is 33.7 Å². The fraction of sp³-hybridized carbons (Fsp3) is 0.200. The summed E-state index contributed by atoms with van der Waals surface area (Å²) in [6, 6.07) is 12.1. The number of benzene rings is 2. The molecular weight excluding hydrogens is 415 g/mol. The molecule has 0 N–H and O–H groups in total. The lowest BCUT2D eigenvalue weighted by Crippen LogP contribution is -2.31. The van der Waals surface area contributed by atoms with Gasteiger partial charge in [-0.2, -0.15) is 9.06 Å². The molecular formula is C20H16ClFN4O2S. The number of amides is 2. The molecule has 3 aromatic rings. The molecule has 2 aromatic carbocycles. The summed E-state index contributed by atoms with van der Waals surface area (Å²) in [6.45, 7) is 1.31. The molecule has 0 radical (unpaired) electrons. The van der Waals surface area contributed by atoms with Crippen molar-refractivity contribution in [3.05, 3.63) is 75.3 Å². The maximum Gasteiger partial charge on any atom is 0.278 e. The Morgan fingerprint density at radius 2 is 1.69 bits per heavy atom. The zero-order valence-corrected chi connectivity index (χ0v) is 16.8. The Hall–Kier alpha value is -2.84. The van der Waals surface area contributed by atoms with E-state index in [4.69, 9.17) is 11.6 Å². The summed E-state index contributed by atoms with van der Waals surface area (Å²) in [5.74, 6) is -1.26. The largest absolute Gasteiger partial charge is 0.337 e. The second kappa shape index (κ2) is 8.26. The van der Waals surface area contributed by atoms with Gasteiger partial charge in [-0.3, -0.25) is 9.59 Å². The Balaban J connectivity index is 1.77. The van der Waals surface area contributed by atoms with Gasteiger partial charge in [-0.1, -0.05) is 11.6 Å². The van der Waals surface area contributed by atoms with Crippen molar-refractivity contribution in [2.24, 2.45) is 4.99 Å². The number of hydrogen-bond acceptors (Lipinski definition) is 4. The van der Waals surface area contributed by atoms with Crippen LogP contribution in [0.5, 0.6) is 0 Å². The number of aromatic nitrogens is 2. The number of nitrogens with zero attached hydrogens (tertiary/aromatic N) is 4. The van der Waals surface area contributed by atoms with Crippen LogP contribution in [0.3, 0.4) is 0 Å². The van der Waals surface area contributed by atoms with Crippen LogP contribution in [0.15, 0.2) is 53.5 Å². The van der Waals surface area contributed by atoms with Gasteiger partial charge in [-0.05, 0) is 72.9 Å². The Morgan fingerprint density at radius 3 is 2.34 bits per heavy atom. The lowest BCUT2D eigenvalue weighted by atomic mass is 10.2. The van der Waals surface area contributed by atoms with Gasteiger partial charge in [0.05, 0.1) is 5.69 Å². The van der Waals surface area contributed by atoms with E-state index in [1.807, 2.05) is 0 Å². The van der Waals surface area contributed by atoms with Gasteiger partial charge in [0.1, 0.15) is 5.82 Å². The molecule has 1 saturated heterocycles. The lowest BCUT2D eigenvalue weighted by Gasteiger charge is -2.12. The SMILES string of the molecule is O=C(N=c1sn(-c2ccc(Cl)cc2)nc1C(=O)N1CCCC1)c1ccc(F)cc1. The summed E-state index contributed by atoms with van der Waals surface area (Å²) < 4.78 is 14.9. The smallest absolute Gasteiger partial charge is 0.278 e. The Bertz CT molecular complexity index is 1120. The van der Waals surface area contributed by atoms with E-state index < -0.39 is 11.7 Å². The van der Waals surface area contributed by atoms with Gasteiger partial charge in [0.25, 0.3) is 11.8 Å². The van der Waals surface area contributed by atoms with Crippen LogP contribution in [0.4, 0.5) is 4.39 Å². The third-order valence-electron chi connectivity index (χ3n) is 4.50. The van der Waals surface area contributed by atoms with Crippen molar-refractivity contribution in [1.82, 2.24) is 14.1 Å². The summed E-state index contributed by atoms with van der Waals surface area (Å²) in [6.07, 6.45) is 1.88. The van der Waals surface area contributed by atoms with E-state index in [-0.39, 0.29) is 21.8 Å². The zero-order chi connectivity index (χ0) is 20.4. The first-order chi connectivity index (χ1) is 14.0. The minimum absolute atomic E-state index is 0.127. The molecule has 1 fully saturated rings. The molecule has 1 aromatic heterocycles. The Kier molecular flexibility index (Phi) is 5.55. The van der Waals surface area contributed by atoms with E-state index in [9.17, 15) is 14.0 Å². The van der Waals surface area contributed by atoms with Crippen LogP contribution in [0.2, 0.25) is 5.02 Å². The highest BCUT2D eigenvalue weighted by molar-refractivity contribution is 7.04. The topological polar surface area (TPSA) is 67.6 Å². The number of rotatable bonds is 3. The number of carbonyl (C=O) groups excluding carboxylic acids is 2. The van der Waals surface area contributed by atoms with Crippen LogP contribution in [0, 0.1) is 5.82 Å². The van der Waals surface area contributed by atoms with Crippen LogP contribution >= 0.6 is 23.1 Å². The molecule has 4 rings (SSSR count). The highest BCUT2D eigenvalue weighted by Crippen LogP contribution is 2.16. The van der Waals surface area contributed by atoms with Gasteiger partial charge in [-0.25, -0.2) is 4.39 Å². The van der Waals surface area contributed by atoms with Crippen molar-refractivity contribution in [2.45, 2.75) is 12.8 Å². The van der Waals surface area contributed by atoms with Crippen LogP contribution < -0.4 is 4.67 Å². The van der Waals surface area contributed by atoms with Crippen molar-refractivity contribution >= 4 is 34.9 Å². The van der Waals surface area contributed by atoms with E-state index in [0.717, 1.165) is 24.4 Å². The Labute approximate surface area is 175 Å². The zero-order valence-electron chi connectivity index (χ0n) is 15.2. The second-order valence-corrected chi connectivity index (χ2v) is 7.87. The van der Waals surface area contributed by atoms with E-state index >= 15 is 0 Å². The summed E-state index contributed by atoms with van der Waals surface area (Å²) in [7, 11) is 0. The molecule has 0 aliphatic carbocycles. The van der Waals surface area contributed by atoms with E-state index in [2.05, 4.69) is 10.1 Å². The molecule has 0 bridgehead atoms. The van der Waals surface area contributed by atoms with Gasteiger partial charge in [0.2, 0.25) is 0 Å². The average molecular weight is 431 g/mol. The number of hydrogen-bond donors (Lipinski definition) is 0. The first-order valence-electron chi connectivity index (χ1n) is 9.02. The average Bonchev–Trinajstić information content (AvgIpc) is 3.39. The summed E-state index contributed by atoms with van der Waals surface area (Å²) in [5, 5.41) is 4.99. The van der Waals surface area contributed by atoms with Gasteiger partial charge < -0.3 is 4.90 Å². The van der Waals surface area contributed by atoms with Gasteiger partial charge >= 0.3 is 0 Å². The van der Waals surface area contributed by atoms with Crippen LogP contribution in [-0.2, 0) is 0 Å². The predicted molar refractivity (Wildman–Crippen MR) is 108 cm³/mol. The van der Waals surface area contributed by atoms with Crippen molar-refractivity contribution < 1.29 is 14.0 Å². The molecule has 1 aliphatic rings. The number of likely N-dealkylation sites (tertiary alicyclic amines) is 1. The molecule has 6 nitrogen and oxygen atoms in total. The van der Waals surface area contributed by atoms with Gasteiger partial charge in [0, 0.05) is 23.7 Å². The normalized spacial score (nSPS) is 14.4. The molecule has 1 aliphatic heterocycles. The van der Waals surface area contributed by atoms with Crippen molar-refractivity contribution in [3.8, 4) is 5.69 Å². The third-order valence-corrected chi connectivity index (χ3v) is 5.68. The van der Waals surface area contributed by atoms with Crippen LogP contribution in [-0.4, -0.2) is 39.0 Å². The minimum atomic E-state index is -0.563. The van der Waals surface area contributed by atoms with Crippen molar-refractivity contribution in [3.63, 3.8) is 0 Å². The number of halogens is 2. The maximum atomic E-state index is 13.1. The molecule has 148 valence electrons.